The Morgan fingerprint density at radius 1 is 1.20 bits per heavy atom. The van der Waals surface area contributed by atoms with Gasteiger partial charge in [-0.05, 0) is 37.9 Å². The molecular formula is C14H21N3O2S. The molecule has 6 heteroatoms. The van der Waals surface area contributed by atoms with E-state index in [1.807, 2.05) is 6.07 Å². The van der Waals surface area contributed by atoms with Gasteiger partial charge in [0.15, 0.2) is 0 Å². The molecule has 2 saturated heterocycles. The number of rotatable bonds is 4. The third kappa shape index (κ3) is 2.43. The first kappa shape index (κ1) is 13.9. The van der Waals surface area contributed by atoms with Gasteiger partial charge in [-0.25, -0.2) is 13.1 Å². The van der Waals surface area contributed by atoms with Crippen LogP contribution in [-0.4, -0.2) is 45.5 Å². The maximum atomic E-state index is 12.6. The largest absolute Gasteiger partial charge is 0.387 e. The summed E-state index contributed by atoms with van der Waals surface area (Å²) in [6.45, 7) is 2.11. The van der Waals surface area contributed by atoms with Crippen molar-refractivity contribution in [2.45, 2.75) is 36.2 Å². The van der Waals surface area contributed by atoms with Crippen LogP contribution in [0.4, 0.5) is 5.69 Å². The first-order chi connectivity index (χ1) is 9.62. The van der Waals surface area contributed by atoms with Crippen molar-refractivity contribution >= 4 is 15.7 Å². The summed E-state index contributed by atoms with van der Waals surface area (Å²) in [5.74, 6) is 0. The number of sulfonamides is 1. The summed E-state index contributed by atoms with van der Waals surface area (Å²) in [7, 11) is -1.73. The van der Waals surface area contributed by atoms with Crippen LogP contribution >= 0.6 is 0 Å². The molecule has 5 nitrogen and oxygen atoms in total. The summed E-state index contributed by atoms with van der Waals surface area (Å²) in [5, 5.41) is 2.94. The quantitative estimate of drug-likeness (QED) is 0.877. The summed E-state index contributed by atoms with van der Waals surface area (Å²) in [6.07, 6.45) is 3.18. The summed E-state index contributed by atoms with van der Waals surface area (Å²) in [5.41, 5.74) is 0.640. The minimum atomic E-state index is -3.46. The lowest BCUT2D eigenvalue weighted by Crippen LogP contribution is -2.42. The number of nitrogens with zero attached hydrogens (tertiary/aromatic N) is 1. The number of hydrogen-bond donors (Lipinski definition) is 2. The van der Waals surface area contributed by atoms with Crippen LogP contribution in [0.5, 0.6) is 0 Å². The minimum Gasteiger partial charge on any atom is -0.387 e. The van der Waals surface area contributed by atoms with Crippen molar-refractivity contribution in [1.29, 1.82) is 0 Å². The van der Waals surface area contributed by atoms with Crippen LogP contribution in [0.1, 0.15) is 19.3 Å². The Bertz CT molecular complexity index is 588. The van der Waals surface area contributed by atoms with Gasteiger partial charge in [-0.3, -0.25) is 4.90 Å². The molecule has 0 spiro atoms. The molecule has 2 aliphatic heterocycles. The van der Waals surface area contributed by atoms with E-state index in [0.717, 1.165) is 25.9 Å². The molecule has 1 aromatic carbocycles. The highest BCUT2D eigenvalue weighted by Crippen LogP contribution is 2.29. The van der Waals surface area contributed by atoms with Crippen molar-refractivity contribution in [1.82, 2.24) is 9.62 Å². The molecule has 0 aliphatic carbocycles. The molecule has 2 aliphatic rings. The van der Waals surface area contributed by atoms with Crippen molar-refractivity contribution < 1.29 is 8.42 Å². The average Bonchev–Trinajstić information content (AvgIpc) is 3.04. The Morgan fingerprint density at radius 3 is 2.80 bits per heavy atom. The van der Waals surface area contributed by atoms with Gasteiger partial charge in [-0.15, -0.1) is 0 Å². The van der Waals surface area contributed by atoms with Crippen molar-refractivity contribution in [3.63, 3.8) is 0 Å². The molecule has 3 rings (SSSR count). The maximum Gasteiger partial charge on any atom is 0.242 e. The van der Waals surface area contributed by atoms with Gasteiger partial charge in [0, 0.05) is 25.7 Å². The summed E-state index contributed by atoms with van der Waals surface area (Å²) in [6, 6.07) is 7.45. The van der Waals surface area contributed by atoms with Crippen molar-refractivity contribution in [3.8, 4) is 0 Å². The SMILES string of the molecule is CNc1ccccc1S(=O)(=O)NC1CCN2CCCC12. The Morgan fingerprint density at radius 2 is 2.00 bits per heavy atom. The average molecular weight is 295 g/mol. The van der Waals surface area contributed by atoms with Crippen molar-refractivity contribution in [3.05, 3.63) is 24.3 Å². The summed E-state index contributed by atoms with van der Waals surface area (Å²) in [4.78, 5) is 2.73. The summed E-state index contributed by atoms with van der Waals surface area (Å²) >= 11 is 0. The number of fused-ring (bicyclic) bond motifs is 1. The number of benzene rings is 1. The second-order valence-electron chi connectivity index (χ2n) is 5.51. The van der Waals surface area contributed by atoms with E-state index in [4.69, 9.17) is 0 Å². The fourth-order valence-corrected chi connectivity index (χ4v) is 4.91. The van der Waals surface area contributed by atoms with E-state index in [-0.39, 0.29) is 6.04 Å². The monoisotopic (exact) mass is 295 g/mol. The van der Waals surface area contributed by atoms with Crippen LogP contribution in [-0.2, 0) is 10.0 Å². The second kappa shape index (κ2) is 5.35. The molecule has 0 radical (unpaired) electrons. The van der Waals surface area contributed by atoms with Gasteiger partial charge >= 0.3 is 0 Å². The lowest BCUT2D eigenvalue weighted by atomic mass is 10.1. The molecule has 110 valence electrons. The van der Waals surface area contributed by atoms with E-state index < -0.39 is 10.0 Å². The predicted molar refractivity (Wildman–Crippen MR) is 79.3 cm³/mol. The molecule has 0 bridgehead atoms. The Kier molecular flexibility index (Phi) is 3.70. The molecule has 2 fully saturated rings. The topological polar surface area (TPSA) is 61.4 Å². The number of para-hydroxylation sites is 1. The third-order valence-corrected chi connectivity index (χ3v) is 5.91. The molecule has 2 atom stereocenters. The van der Waals surface area contributed by atoms with Crippen LogP contribution in [0.15, 0.2) is 29.2 Å². The van der Waals surface area contributed by atoms with Crippen molar-refractivity contribution in [2.24, 2.45) is 0 Å². The molecule has 2 unspecified atom stereocenters. The fraction of sp³-hybridized carbons (Fsp3) is 0.571. The van der Waals surface area contributed by atoms with Crippen LogP contribution in [0.25, 0.3) is 0 Å². The molecular weight excluding hydrogens is 274 g/mol. The zero-order chi connectivity index (χ0) is 14.2. The van der Waals surface area contributed by atoms with Crippen LogP contribution in [0.3, 0.4) is 0 Å². The number of anilines is 1. The van der Waals surface area contributed by atoms with E-state index in [2.05, 4.69) is 14.9 Å². The predicted octanol–water partition coefficient (Wildman–Crippen LogP) is 1.24. The van der Waals surface area contributed by atoms with Gasteiger partial charge in [0.25, 0.3) is 0 Å². The Labute approximate surface area is 120 Å². The highest BCUT2D eigenvalue weighted by molar-refractivity contribution is 7.89. The van der Waals surface area contributed by atoms with E-state index >= 15 is 0 Å². The smallest absolute Gasteiger partial charge is 0.242 e. The Balaban J connectivity index is 1.82. The fourth-order valence-electron chi connectivity index (χ4n) is 3.39. The van der Waals surface area contributed by atoms with Gasteiger partial charge in [-0.2, -0.15) is 0 Å². The minimum absolute atomic E-state index is 0.0485. The number of hydrogen-bond acceptors (Lipinski definition) is 4. The highest BCUT2D eigenvalue weighted by atomic mass is 32.2. The zero-order valence-electron chi connectivity index (χ0n) is 11.7. The van der Waals surface area contributed by atoms with Gasteiger partial charge in [0.1, 0.15) is 4.90 Å². The van der Waals surface area contributed by atoms with Crippen LogP contribution in [0, 0.1) is 0 Å². The standard InChI is InChI=1S/C14H21N3O2S/c1-15-12-5-2-3-7-14(12)20(18,19)16-11-8-10-17-9-4-6-13(11)17/h2-3,5,7,11,13,15-16H,4,6,8-10H2,1H3. The molecule has 1 aromatic rings. The Hall–Kier alpha value is -1.11. The van der Waals surface area contributed by atoms with Gasteiger partial charge in [0.05, 0.1) is 5.69 Å². The molecule has 0 saturated carbocycles. The van der Waals surface area contributed by atoms with Crippen molar-refractivity contribution in [2.75, 3.05) is 25.5 Å². The molecule has 20 heavy (non-hydrogen) atoms. The lowest BCUT2D eigenvalue weighted by molar-refractivity contribution is 0.309. The summed E-state index contributed by atoms with van der Waals surface area (Å²) < 4.78 is 28.1. The number of nitrogens with one attached hydrogen (secondary N) is 2. The van der Waals surface area contributed by atoms with E-state index in [9.17, 15) is 8.42 Å². The van der Waals surface area contributed by atoms with Gasteiger partial charge in [0.2, 0.25) is 10.0 Å². The van der Waals surface area contributed by atoms with Gasteiger partial charge in [-0.1, -0.05) is 12.1 Å². The van der Waals surface area contributed by atoms with E-state index in [1.54, 1.807) is 25.2 Å². The van der Waals surface area contributed by atoms with E-state index in [1.165, 1.54) is 6.42 Å². The normalized spacial score (nSPS) is 26.6. The molecule has 0 aromatic heterocycles. The molecule has 2 heterocycles. The first-order valence-corrected chi connectivity index (χ1v) is 8.63. The third-order valence-electron chi connectivity index (χ3n) is 4.36. The highest BCUT2D eigenvalue weighted by Gasteiger charge is 2.39. The lowest BCUT2D eigenvalue weighted by Gasteiger charge is -2.21. The van der Waals surface area contributed by atoms with Crippen LogP contribution < -0.4 is 10.0 Å². The maximum absolute atomic E-state index is 12.6. The second-order valence-corrected chi connectivity index (χ2v) is 7.19. The molecule has 0 amide bonds. The first-order valence-electron chi connectivity index (χ1n) is 7.15. The zero-order valence-corrected chi connectivity index (χ0v) is 12.5. The van der Waals surface area contributed by atoms with E-state index in [0.29, 0.717) is 16.6 Å². The van der Waals surface area contributed by atoms with Crippen LogP contribution in [0.2, 0.25) is 0 Å². The van der Waals surface area contributed by atoms with Gasteiger partial charge < -0.3 is 5.32 Å². The molecule has 2 N–H and O–H groups in total.